The molecule has 0 unspecified atom stereocenters. The molecule has 0 aliphatic rings. The molecule has 0 amide bonds. The molecule has 0 heterocycles. The van der Waals surface area contributed by atoms with E-state index < -0.39 is 0 Å². The summed E-state index contributed by atoms with van der Waals surface area (Å²) in [5, 5.41) is 18.1. The normalized spacial score (nSPS) is 12.5. The number of hydrogen-bond acceptors (Lipinski definition) is 2. The lowest BCUT2D eigenvalue weighted by atomic mass is 10.2. The van der Waals surface area contributed by atoms with Crippen LogP contribution in [-0.2, 0) is 0 Å². The van der Waals surface area contributed by atoms with Crippen LogP contribution in [0.25, 0.3) is 5.76 Å². The fourth-order valence-corrected chi connectivity index (χ4v) is 0.805. The predicted octanol–water partition coefficient (Wildman–Crippen LogP) is 2.49. The first-order chi connectivity index (χ1) is 5.22. The van der Waals surface area contributed by atoms with E-state index in [1.165, 1.54) is 6.92 Å². The van der Waals surface area contributed by atoms with Crippen molar-refractivity contribution in [3.63, 3.8) is 0 Å². The summed E-state index contributed by atoms with van der Waals surface area (Å²) in [7, 11) is 0. The SMILES string of the molecule is CC(O)=C(O)c1ccccc1. The summed E-state index contributed by atoms with van der Waals surface area (Å²) in [5.74, 6) is -0.123. The van der Waals surface area contributed by atoms with Gasteiger partial charge in [0.25, 0.3) is 0 Å². The Balaban J connectivity index is 3.04. The van der Waals surface area contributed by atoms with Crippen LogP contribution < -0.4 is 0 Å². The van der Waals surface area contributed by atoms with Crippen LogP contribution in [0, 0.1) is 0 Å². The van der Waals surface area contributed by atoms with Crippen LogP contribution in [0.4, 0.5) is 0 Å². The highest BCUT2D eigenvalue weighted by atomic mass is 16.3. The van der Waals surface area contributed by atoms with Gasteiger partial charge in [0, 0.05) is 5.56 Å². The van der Waals surface area contributed by atoms with Gasteiger partial charge in [-0.2, -0.15) is 0 Å². The van der Waals surface area contributed by atoms with Crippen molar-refractivity contribution >= 4 is 5.76 Å². The smallest absolute Gasteiger partial charge is 0.160 e. The molecular formula is C9H10O2. The lowest BCUT2D eigenvalue weighted by Gasteiger charge is -1.99. The maximum absolute atomic E-state index is 9.23. The Hall–Kier alpha value is -1.44. The van der Waals surface area contributed by atoms with Crippen LogP contribution in [0.15, 0.2) is 36.1 Å². The number of allylic oxidation sites excluding steroid dienone is 1. The highest BCUT2D eigenvalue weighted by Gasteiger charge is 1.99. The average molecular weight is 150 g/mol. The molecule has 58 valence electrons. The van der Waals surface area contributed by atoms with Crippen molar-refractivity contribution in [2.75, 3.05) is 0 Å². The van der Waals surface area contributed by atoms with Crippen molar-refractivity contribution in [2.24, 2.45) is 0 Å². The summed E-state index contributed by atoms with van der Waals surface area (Å²) in [6.07, 6.45) is 0. The molecule has 0 saturated heterocycles. The predicted molar refractivity (Wildman–Crippen MR) is 44.3 cm³/mol. The lowest BCUT2D eigenvalue weighted by molar-refractivity contribution is 0.383. The molecule has 0 fully saturated rings. The van der Waals surface area contributed by atoms with Gasteiger partial charge < -0.3 is 10.2 Å². The van der Waals surface area contributed by atoms with Crippen molar-refractivity contribution in [2.45, 2.75) is 6.92 Å². The lowest BCUT2D eigenvalue weighted by Crippen LogP contribution is -1.85. The van der Waals surface area contributed by atoms with E-state index in [2.05, 4.69) is 0 Å². The van der Waals surface area contributed by atoms with Crippen molar-refractivity contribution in [3.05, 3.63) is 41.7 Å². The average Bonchev–Trinajstić information content (AvgIpc) is 2.05. The molecule has 1 aromatic rings. The number of hydrogen-bond donors (Lipinski definition) is 2. The van der Waals surface area contributed by atoms with Gasteiger partial charge in [-0.15, -0.1) is 0 Å². The van der Waals surface area contributed by atoms with Crippen LogP contribution in [0.5, 0.6) is 0 Å². The summed E-state index contributed by atoms with van der Waals surface area (Å²) < 4.78 is 0. The maximum atomic E-state index is 9.23. The second-order valence-corrected chi connectivity index (χ2v) is 2.30. The van der Waals surface area contributed by atoms with E-state index in [1.54, 1.807) is 24.3 Å². The molecule has 0 spiro atoms. The largest absolute Gasteiger partial charge is 0.509 e. The van der Waals surface area contributed by atoms with Gasteiger partial charge in [-0.25, -0.2) is 0 Å². The Morgan fingerprint density at radius 3 is 2.09 bits per heavy atom. The van der Waals surface area contributed by atoms with Gasteiger partial charge in [0.05, 0.1) is 0 Å². The second kappa shape index (κ2) is 3.10. The van der Waals surface area contributed by atoms with Gasteiger partial charge in [-0.1, -0.05) is 30.3 Å². The molecule has 1 aromatic carbocycles. The van der Waals surface area contributed by atoms with Gasteiger partial charge >= 0.3 is 0 Å². The number of aliphatic hydroxyl groups excluding tert-OH is 2. The number of aliphatic hydroxyl groups is 2. The third-order valence-electron chi connectivity index (χ3n) is 1.39. The molecule has 2 heteroatoms. The fourth-order valence-electron chi connectivity index (χ4n) is 0.805. The van der Waals surface area contributed by atoms with Crippen LogP contribution in [0.3, 0.4) is 0 Å². The Kier molecular flexibility index (Phi) is 2.16. The zero-order valence-corrected chi connectivity index (χ0v) is 6.28. The zero-order chi connectivity index (χ0) is 8.27. The van der Waals surface area contributed by atoms with E-state index in [-0.39, 0.29) is 11.5 Å². The molecule has 1 rings (SSSR count). The molecule has 11 heavy (non-hydrogen) atoms. The third kappa shape index (κ3) is 1.74. The van der Waals surface area contributed by atoms with Crippen molar-refractivity contribution < 1.29 is 10.2 Å². The van der Waals surface area contributed by atoms with Gasteiger partial charge in [-0.3, -0.25) is 0 Å². The Morgan fingerprint density at radius 1 is 1.09 bits per heavy atom. The summed E-state index contributed by atoms with van der Waals surface area (Å²) in [6, 6.07) is 8.91. The van der Waals surface area contributed by atoms with Gasteiger partial charge in [0.15, 0.2) is 5.76 Å². The number of benzene rings is 1. The minimum absolute atomic E-state index is 0.0591. The monoisotopic (exact) mass is 150 g/mol. The maximum Gasteiger partial charge on any atom is 0.160 e. The molecule has 0 saturated carbocycles. The highest BCUT2D eigenvalue weighted by Crippen LogP contribution is 2.12. The van der Waals surface area contributed by atoms with E-state index in [1.807, 2.05) is 6.07 Å². The van der Waals surface area contributed by atoms with Crippen molar-refractivity contribution in [3.8, 4) is 0 Å². The first-order valence-corrected chi connectivity index (χ1v) is 3.36. The van der Waals surface area contributed by atoms with Crippen LogP contribution in [-0.4, -0.2) is 10.2 Å². The molecule has 2 N–H and O–H groups in total. The minimum Gasteiger partial charge on any atom is -0.509 e. The van der Waals surface area contributed by atoms with E-state index in [0.717, 1.165) is 0 Å². The molecular weight excluding hydrogens is 140 g/mol. The Bertz CT molecular complexity index is 258. The molecule has 0 radical (unpaired) electrons. The van der Waals surface area contributed by atoms with Gasteiger partial charge in [0.2, 0.25) is 0 Å². The first-order valence-electron chi connectivity index (χ1n) is 3.36. The first kappa shape index (κ1) is 7.66. The molecule has 0 aliphatic carbocycles. The van der Waals surface area contributed by atoms with E-state index in [0.29, 0.717) is 5.56 Å². The Morgan fingerprint density at radius 2 is 1.64 bits per heavy atom. The molecule has 0 bridgehead atoms. The van der Waals surface area contributed by atoms with Gasteiger partial charge in [0.1, 0.15) is 5.76 Å². The highest BCUT2D eigenvalue weighted by molar-refractivity contribution is 5.59. The molecule has 0 aromatic heterocycles. The quantitative estimate of drug-likeness (QED) is 0.604. The summed E-state index contributed by atoms with van der Waals surface area (Å²) in [5.41, 5.74) is 0.632. The van der Waals surface area contributed by atoms with E-state index in [4.69, 9.17) is 5.11 Å². The Labute approximate surface area is 65.4 Å². The standard InChI is InChI=1S/C9H10O2/c1-7(10)9(11)8-5-3-2-4-6-8/h2-6,10-11H,1H3. The van der Waals surface area contributed by atoms with Crippen LogP contribution >= 0.6 is 0 Å². The topological polar surface area (TPSA) is 40.5 Å². The summed E-state index contributed by atoms with van der Waals surface area (Å²) in [4.78, 5) is 0. The molecule has 0 aliphatic heterocycles. The summed E-state index contributed by atoms with van der Waals surface area (Å²) in [6.45, 7) is 1.45. The molecule has 2 nitrogen and oxygen atoms in total. The van der Waals surface area contributed by atoms with E-state index in [9.17, 15) is 5.11 Å². The second-order valence-electron chi connectivity index (χ2n) is 2.30. The third-order valence-corrected chi connectivity index (χ3v) is 1.39. The number of rotatable bonds is 1. The summed E-state index contributed by atoms with van der Waals surface area (Å²) >= 11 is 0. The van der Waals surface area contributed by atoms with Crippen LogP contribution in [0.2, 0.25) is 0 Å². The fraction of sp³-hybridized carbons (Fsp3) is 0.111. The van der Waals surface area contributed by atoms with E-state index >= 15 is 0 Å². The molecule has 0 atom stereocenters. The van der Waals surface area contributed by atoms with Crippen molar-refractivity contribution in [1.29, 1.82) is 0 Å². The van der Waals surface area contributed by atoms with Crippen LogP contribution in [0.1, 0.15) is 12.5 Å². The minimum atomic E-state index is -0.0643. The van der Waals surface area contributed by atoms with Gasteiger partial charge in [-0.05, 0) is 6.92 Å². The van der Waals surface area contributed by atoms with Crippen molar-refractivity contribution in [1.82, 2.24) is 0 Å². The zero-order valence-electron chi connectivity index (χ0n) is 6.28.